The quantitative estimate of drug-likeness (QED) is 0.830. The second-order valence-corrected chi connectivity index (χ2v) is 5.05. The Bertz CT molecular complexity index is 544. The van der Waals surface area contributed by atoms with Gasteiger partial charge in [-0.3, -0.25) is 4.90 Å². The Hall–Kier alpha value is -2.06. The van der Waals surface area contributed by atoms with Crippen LogP contribution in [-0.2, 0) is 4.74 Å². The number of nitriles is 1. The van der Waals surface area contributed by atoms with Crippen molar-refractivity contribution in [3.05, 3.63) is 29.8 Å². The molecule has 1 atom stereocenters. The number of hydrogen-bond donors (Lipinski definition) is 1. The molecular formula is C14H15N3O2. The van der Waals surface area contributed by atoms with Crippen molar-refractivity contribution in [2.24, 2.45) is 0 Å². The van der Waals surface area contributed by atoms with Crippen molar-refractivity contribution in [3.8, 4) is 6.07 Å². The minimum absolute atomic E-state index is 0.355. The number of anilines is 1. The number of carbonyl (C=O) groups excluding carboxylic acids is 1. The maximum absolute atomic E-state index is 12.1. The fraction of sp³-hybridized carbons (Fsp3) is 0.429. The molecule has 1 N–H and O–H groups in total. The first-order chi connectivity index (χ1) is 9.24. The Labute approximate surface area is 111 Å². The average molecular weight is 257 g/mol. The van der Waals surface area contributed by atoms with Gasteiger partial charge >= 0.3 is 6.09 Å². The molecule has 2 aliphatic heterocycles. The lowest BCUT2D eigenvalue weighted by atomic mass is 9.94. The lowest BCUT2D eigenvalue weighted by Gasteiger charge is -2.31. The fourth-order valence-electron chi connectivity index (χ4n) is 2.77. The van der Waals surface area contributed by atoms with Gasteiger partial charge in [0.1, 0.15) is 11.7 Å². The van der Waals surface area contributed by atoms with Gasteiger partial charge in [0.25, 0.3) is 0 Å². The summed E-state index contributed by atoms with van der Waals surface area (Å²) < 4.78 is 5.57. The summed E-state index contributed by atoms with van der Waals surface area (Å²) in [5, 5.41) is 12.4. The smallest absolute Gasteiger partial charge is 0.415 e. The molecule has 0 radical (unpaired) electrons. The normalized spacial score (nSPS) is 26.3. The third-order valence-electron chi connectivity index (χ3n) is 3.72. The highest BCUT2D eigenvalue weighted by Gasteiger charge is 2.46. The fourth-order valence-corrected chi connectivity index (χ4v) is 2.77. The van der Waals surface area contributed by atoms with Crippen LogP contribution in [0.25, 0.3) is 0 Å². The van der Waals surface area contributed by atoms with Crippen LogP contribution in [0.1, 0.15) is 18.4 Å². The van der Waals surface area contributed by atoms with Crippen LogP contribution in [0.4, 0.5) is 10.5 Å². The van der Waals surface area contributed by atoms with E-state index in [-0.39, 0.29) is 6.09 Å². The number of ether oxygens (including phenoxy) is 1. The van der Waals surface area contributed by atoms with Crippen molar-refractivity contribution in [2.45, 2.75) is 18.4 Å². The Morgan fingerprint density at radius 1 is 1.42 bits per heavy atom. The van der Waals surface area contributed by atoms with Crippen LogP contribution in [0.2, 0.25) is 0 Å². The van der Waals surface area contributed by atoms with E-state index in [0.29, 0.717) is 24.3 Å². The molecule has 2 fully saturated rings. The second-order valence-electron chi connectivity index (χ2n) is 5.05. The van der Waals surface area contributed by atoms with Crippen molar-refractivity contribution in [2.75, 3.05) is 24.5 Å². The van der Waals surface area contributed by atoms with Crippen molar-refractivity contribution < 1.29 is 9.53 Å². The number of piperidine rings is 1. The monoisotopic (exact) mass is 257 g/mol. The summed E-state index contributed by atoms with van der Waals surface area (Å²) in [5.74, 6) is 0. The van der Waals surface area contributed by atoms with Gasteiger partial charge in [0.2, 0.25) is 0 Å². The van der Waals surface area contributed by atoms with E-state index >= 15 is 0 Å². The average Bonchev–Trinajstić information content (AvgIpc) is 2.76. The minimum Gasteiger partial charge on any atom is -0.439 e. The molecule has 0 aliphatic carbocycles. The standard InChI is InChI=1S/C14H15N3O2/c15-8-11-4-1-2-5-12(11)17-10-14(19-13(17)18)6-3-7-16-9-14/h1-2,4-5,16H,3,6-7,9-10H2. The van der Waals surface area contributed by atoms with Gasteiger partial charge < -0.3 is 10.1 Å². The Kier molecular flexibility index (Phi) is 2.88. The van der Waals surface area contributed by atoms with Gasteiger partial charge in [-0.15, -0.1) is 0 Å². The van der Waals surface area contributed by atoms with Gasteiger partial charge in [0.05, 0.1) is 17.8 Å². The van der Waals surface area contributed by atoms with Crippen molar-refractivity contribution >= 4 is 11.8 Å². The van der Waals surface area contributed by atoms with E-state index in [4.69, 9.17) is 10.00 Å². The van der Waals surface area contributed by atoms with E-state index in [1.807, 2.05) is 6.07 Å². The van der Waals surface area contributed by atoms with Crippen LogP contribution in [0.3, 0.4) is 0 Å². The Balaban J connectivity index is 1.90. The molecule has 5 heteroatoms. The number of nitrogens with one attached hydrogen (secondary N) is 1. The number of nitrogens with zero attached hydrogens (tertiary/aromatic N) is 2. The lowest BCUT2D eigenvalue weighted by molar-refractivity contribution is 0.0366. The molecule has 98 valence electrons. The van der Waals surface area contributed by atoms with Crippen LogP contribution >= 0.6 is 0 Å². The van der Waals surface area contributed by atoms with Gasteiger partial charge in [-0.1, -0.05) is 12.1 Å². The topological polar surface area (TPSA) is 65.4 Å². The molecule has 2 saturated heterocycles. The molecule has 1 spiro atoms. The zero-order valence-electron chi connectivity index (χ0n) is 10.6. The second kappa shape index (κ2) is 4.56. The first-order valence-electron chi connectivity index (χ1n) is 6.44. The maximum Gasteiger partial charge on any atom is 0.415 e. The van der Waals surface area contributed by atoms with Crippen LogP contribution in [-0.4, -0.2) is 31.3 Å². The van der Waals surface area contributed by atoms with Crippen LogP contribution < -0.4 is 10.2 Å². The summed E-state index contributed by atoms with van der Waals surface area (Å²) in [4.78, 5) is 13.7. The molecule has 19 heavy (non-hydrogen) atoms. The number of hydrogen-bond acceptors (Lipinski definition) is 4. The summed E-state index contributed by atoms with van der Waals surface area (Å²) in [6.45, 7) is 2.16. The predicted octanol–water partition coefficient (Wildman–Crippen LogP) is 1.64. The molecule has 0 bridgehead atoms. The molecule has 0 aromatic heterocycles. The highest BCUT2D eigenvalue weighted by molar-refractivity contribution is 5.92. The van der Waals surface area contributed by atoms with Gasteiger partial charge in [-0.05, 0) is 31.5 Å². The third-order valence-corrected chi connectivity index (χ3v) is 3.72. The first-order valence-corrected chi connectivity index (χ1v) is 6.44. The van der Waals surface area contributed by atoms with Gasteiger partial charge in [-0.2, -0.15) is 5.26 Å². The van der Waals surface area contributed by atoms with Gasteiger partial charge in [0.15, 0.2) is 0 Å². The lowest BCUT2D eigenvalue weighted by Crippen LogP contribution is -2.48. The summed E-state index contributed by atoms with van der Waals surface area (Å²) in [5.41, 5.74) is 0.704. The molecule has 2 heterocycles. The summed E-state index contributed by atoms with van der Waals surface area (Å²) >= 11 is 0. The third kappa shape index (κ3) is 2.04. The molecule has 1 amide bonds. The van der Waals surface area contributed by atoms with Gasteiger partial charge in [0, 0.05) is 6.54 Å². The Morgan fingerprint density at radius 3 is 3.00 bits per heavy atom. The van der Waals surface area contributed by atoms with Crippen LogP contribution in [0.5, 0.6) is 0 Å². The number of para-hydroxylation sites is 1. The molecule has 3 rings (SSSR count). The van der Waals surface area contributed by atoms with E-state index in [1.165, 1.54) is 0 Å². The van der Waals surface area contributed by atoms with Crippen molar-refractivity contribution in [1.29, 1.82) is 5.26 Å². The Morgan fingerprint density at radius 2 is 2.26 bits per heavy atom. The number of benzene rings is 1. The largest absolute Gasteiger partial charge is 0.439 e. The molecule has 5 nitrogen and oxygen atoms in total. The van der Waals surface area contributed by atoms with E-state index < -0.39 is 5.60 Å². The summed E-state index contributed by atoms with van der Waals surface area (Å²) in [6, 6.07) is 9.24. The van der Waals surface area contributed by atoms with E-state index in [2.05, 4.69) is 11.4 Å². The maximum atomic E-state index is 12.1. The number of rotatable bonds is 1. The number of amides is 1. The summed E-state index contributed by atoms with van der Waals surface area (Å²) in [7, 11) is 0. The molecule has 2 aliphatic rings. The molecule has 1 aromatic carbocycles. The van der Waals surface area contributed by atoms with Crippen LogP contribution in [0.15, 0.2) is 24.3 Å². The highest BCUT2D eigenvalue weighted by atomic mass is 16.6. The molecule has 1 aromatic rings. The van der Waals surface area contributed by atoms with Crippen LogP contribution in [0, 0.1) is 11.3 Å². The number of carbonyl (C=O) groups is 1. The van der Waals surface area contributed by atoms with Crippen molar-refractivity contribution in [3.63, 3.8) is 0 Å². The van der Waals surface area contributed by atoms with Gasteiger partial charge in [-0.25, -0.2) is 4.79 Å². The zero-order chi connectivity index (χ0) is 13.3. The predicted molar refractivity (Wildman–Crippen MR) is 69.8 cm³/mol. The SMILES string of the molecule is N#Cc1ccccc1N1CC2(CCCNC2)OC1=O. The molecule has 1 unspecified atom stereocenters. The highest BCUT2D eigenvalue weighted by Crippen LogP contribution is 2.33. The molecular weight excluding hydrogens is 242 g/mol. The minimum atomic E-state index is -0.433. The zero-order valence-corrected chi connectivity index (χ0v) is 10.6. The first kappa shape index (κ1) is 12.0. The van der Waals surface area contributed by atoms with Crippen molar-refractivity contribution in [1.82, 2.24) is 5.32 Å². The van der Waals surface area contributed by atoms with E-state index in [1.54, 1.807) is 23.1 Å². The van der Waals surface area contributed by atoms with E-state index in [9.17, 15) is 4.79 Å². The summed E-state index contributed by atoms with van der Waals surface area (Å²) in [6.07, 6.45) is 1.52. The van der Waals surface area contributed by atoms with E-state index in [0.717, 1.165) is 19.4 Å². The molecule has 0 saturated carbocycles.